The monoisotopic (exact) mass is 474 g/mol. The molecule has 1 aromatic carbocycles. The van der Waals surface area contributed by atoms with Gasteiger partial charge in [0.2, 0.25) is 15.9 Å². The van der Waals surface area contributed by atoms with Crippen molar-refractivity contribution in [2.45, 2.75) is 22.6 Å². The summed E-state index contributed by atoms with van der Waals surface area (Å²) in [5.74, 6) is -0.360. The molecule has 0 atom stereocenters. The molecule has 31 heavy (non-hydrogen) atoms. The predicted octanol–water partition coefficient (Wildman–Crippen LogP) is 3.97. The van der Waals surface area contributed by atoms with Crippen molar-refractivity contribution in [2.75, 3.05) is 24.7 Å². The van der Waals surface area contributed by atoms with Gasteiger partial charge in [0.15, 0.2) is 5.13 Å². The van der Waals surface area contributed by atoms with Crippen molar-refractivity contribution in [3.05, 3.63) is 54.2 Å². The largest absolute Gasteiger partial charge is 0.302 e. The summed E-state index contributed by atoms with van der Waals surface area (Å²) >= 11 is 2.78. The molecule has 0 radical (unpaired) electrons. The number of sulfonamides is 1. The fraction of sp³-hybridized carbons (Fsp3) is 0.286. The van der Waals surface area contributed by atoms with Gasteiger partial charge in [0.25, 0.3) is 0 Å². The molecule has 7 nitrogen and oxygen atoms in total. The second-order valence-corrected chi connectivity index (χ2v) is 10.7. The molecule has 1 aliphatic rings. The number of thiazole rings is 1. The molecule has 0 aliphatic carbocycles. The van der Waals surface area contributed by atoms with E-state index in [1.165, 1.54) is 27.4 Å². The van der Waals surface area contributed by atoms with Crippen molar-refractivity contribution in [1.29, 1.82) is 0 Å². The molecule has 3 aromatic rings. The van der Waals surface area contributed by atoms with Crippen LogP contribution in [0.4, 0.5) is 5.13 Å². The molecule has 1 fully saturated rings. The first kappa shape index (κ1) is 21.9. The molecule has 1 N–H and O–H groups in total. The Hall–Kier alpha value is -2.27. The van der Waals surface area contributed by atoms with Gasteiger partial charge in [-0.3, -0.25) is 9.78 Å². The third-order valence-corrected chi connectivity index (χ3v) is 8.84. The van der Waals surface area contributed by atoms with Gasteiger partial charge < -0.3 is 5.32 Å². The van der Waals surface area contributed by atoms with Crippen molar-refractivity contribution in [2.24, 2.45) is 5.92 Å². The van der Waals surface area contributed by atoms with E-state index in [4.69, 9.17) is 0 Å². The van der Waals surface area contributed by atoms with Crippen LogP contribution in [0.1, 0.15) is 12.8 Å². The van der Waals surface area contributed by atoms with E-state index in [2.05, 4.69) is 15.3 Å². The average Bonchev–Trinajstić information content (AvgIpc) is 3.28. The number of nitrogens with one attached hydrogen (secondary N) is 1. The third kappa shape index (κ3) is 4.82. The molecule has 1 aliphatic heterocycles. The second-order valence-electron chi connectivity index (χ2n) is 7.10. The number of thioether (sulfide) groups is 1. The summed E-state index contributed by atoms with van der Waals surface area (Å²) in [5, 5.41) is 5.30. The van der Waals surface area contributed by atoms with Gasteiger partial charge in [-0.2, -0.15) is 4.31 Å². The van der Waals surface area contributed by atoms with Crippen LogP contribution in [0, 0.1) is 5.92 Å². The number of aromatic nitrogens is 2. The van der Waals surface area contributed by atoms with E-state index in [1.54, 1.807) is 24.5 Å². The summed E-state index contributed by atoms with van der Waals surface area (Å²) < 4.78 is 27.6. The van der Waals surface area contributed by atoms with Crippen LogP contribution in [0.5, 0.6) is 0 Å². The number of rotatable bonds is 6. The summed E-state index contributed by atoms with van der Waals surface area (Å²) in [5.41, 5.74) is 1.66. The number of piperidine rings is 1. The average molecular weight is 475 g/mol. The van der Waals surface area contributed by atoms with Gasteiger partial charge >= 0.3 is 0 Å². The maximum absolute atomic E-state index is 13.1. The number of benzene rings is 1. The molecule has 3 heterocycles. The topological polar surface area (TPSA) is 92.3 Å². The molecule has 10 heteroatoms. The lowest BCUT2D eigenvalue weighted by molar-refractivity contribution is -0.120. The highest BCUT2D eigenvalue weighted by molar-refractivity contribution is 7.99. The number of hydrogen-bond acceptors (Lipinski definition) is 7. The molecular formula is C21H22N4O3S3. The summed E-state index contributed by atoms with van der Waals surface area (Å²) in [7, 11) is -3.58. The minimum absolute atomic E-state index is 0.117. The van der Waals surface area contributed by atoms with Crippen LogP contribution in [0.2, 0.25) is 0 Å². The summed E-state index contributed by atoms with van der Waals surface area (Å²) in [4.78, 5) is 22.3. The highest BCUT2D eigenvalue weighted by Gasteiger charge is 2.33. The summed E-state index contributed by atoms with van der Waals surface area (Å²) in [6, 6.07) is 10.8. The quantitative estimate of drug-likeness (QED) is 0.544. The minimum Gasteiger partial charge on any atom is -0.302 e. The predicted molar refractivity (Wildman–Crippen MR) is 124 cm³/mol. The highest BCUT2D eigenvalue weighted by Crippen LogP contribution is 2.31. The van der Waals surface area contributed by atoms with Gasteiger partial charge in [0.1, 0.15) is 0 Å². The molecule has 1 amide bonds. The van der Waals surface area contributed by atoms with E-state index in [0.29, 0.717) is 36.0 Å². The summed E-state index contributed by atoms with van der Waals surface area (Å²) in [6.07, 6.45) is 6.25. The lowest BCUT2D eigenvalue weighted by atomic mass is 9.97. The van der Waals surface area contributed by atoms with E-state index >= 15 is 0 Å². The number of hydrogen-bond donors (Lipinski definition) is 1. The van der Waals surface area contributed by atoms with E-state index in [0.717, 1.165) is 16.2 Å². The number of carbonyl (C=O) groups is 1. The van der Waals surface area contributed by atoms with Crippen molar-refractivity contribution in [3.8, 4) is 11.3 Å². The molecule has 4 rings (SSSR count). The Kier molecular flexibility index (Phi) is 6.71. The Morgan fingerprint density at radius 2 is 1.97 bits per heavy atom. The van der Waals surface area contributed by atoms with Crippen molar-refractivity contribution < 1.29 is 13.2 Å². The molecule has 0 saturated carbocycles. The fourth-order valence-electron chi connectivity index (χ4n) is 3.51. The Balaban J connectivity index is 1.38. The fourth-order valence-corrected chi connectivity index (χ4v) is 6.83. The van der Waals surface area contributed by atoms with Crippen molar-refractivity contribution in [1.82, 2.24) is 14.3 Å². The normalized spacial score (nSPS) is 15.6. The van der Waals surface area contributed by atoms with E-state index in [-0.39, 0.29) is 11.8 Å². The van der Waals surface area contributed by atoms with Crippen LogP contribution in [-0.2, 0) is 14.8 Å². The zero-order valence-corrected chi connectivity index (χ0v) is 19.3. The molecule has 1 saturated heterocycles. The molecule has 162 valence electrons. The third-order valence-electron chi connectivity index (χ3n) is 5.20. The molecule has 0 spiro atoms. The van der Waals surface area contributed by atoms with E-state index in [9.17, 15) is 13.2 Å². The van der Waals surface area contributed by atoms with Crippen molar-refractivity contribution >= 4 is 44.2 Å². The first-order valence-corrected chi connectivity index (χ1v) is 13.3. The molecule has 0 bridgehead atoms. The highest BCUT2D eigenvalue weighted by atomic mass is 32.2. The maximum atomic E-state index is 13.1. The van der Waals surface area contributed by atoms with E-state index < -0.39 is 10.0 Å². The Labute approximate surface area is 190 Å². The van der Waals surface area contributed by atoms with Crippen LogP contribution < -0.4 is 5.32 Å². The smallest absolute Gasteiger partial charge is 0.244 e. The Bertz CT molecular complexity index is 1160. The maximum Gasteiger partial charge on any atom is 0.244 e. The second kappa shape index (κ2) is 9.47. The molecule has 0 unspecified atom stereocenters. The van der Waals surface area contributed by atoms with Crippen LogP contribution in [0.3, 0.4) is 0 Å². The number of nitrogens with zero attached hydrogens (tertiary/aromatic N) is 3. The Morgan fingerprint density at radius 1 is 1.19 bits per heavy atom. The van der Waals surface area contributed by atoms with Gasteiger partial charge in [-0.1, -0.05) is 12.1 Å². The first-order chi connectivity index (χ1) is 15.0. The van der Waals surface area contributed by atoms with Crippen LogP contribution >= 0.6 is 23.1 Å². The lowest BCUT2D eigenvalue weighted by Crippen LogP contribution is -2.41. The van der Waals surface area contributed by atoms with Crippen LogP contribution in [0.15, 0.2) is 64.0 Å². The standard InChI is InChI=1S/C21H22N4O3S3/c1-29-18-6-2-3-7-19(18)31(27,28)25-11-8-15(9-12-25)20(26)24-21-23-17(14-30-21)16-5-4-10-22-13-16/h2-7,10,13-15H,8-9,11-12H2,1H3,(H,23,24,26). The molecule has 2 aromatic heterocycles. The first-order valence-electron chi connectivity index (χ1n) is 9.79. The number of anilines is 1. The van der Waals surface area contributed by atoms with Gasteiger partial charge in [-0.05, 0) is 43.4 Å². The van der Waals surface area contributed by atoms with Gasteiger partial charge in [0, 0.05) is 47.2 Å². The zero-order valence-electron chi connectivity index (χ0n) is 16.9. The van der Waals surface area contributed by atoms with Crippen molar-refractivity contribution in [3.63, 3.8) is 0 Å². The summed E-state index contributed by atoms with van der Waals surface area (Å²) in [6.45, 7) is 0.643. The zero-order chi connectivity index (χ0) is 21.8. The Morgan fingerprint density at radius 3 is 2.68 bits per heavy atom. The lowest BCUT2D eigenvalue weighted by Gasteiger charge is -2.30. The minimum atomic E-state index is -3.58. The number of amides is 1. The van der Waals surface area contributed by atoms with Crippen LogP contribution in [-0.4, -0.2) is 47.9 Å². The number of carbonyl (C=O) groups excluding carboxylic acids is 1. The van der Waals surface area contributed by atoms with Gasteiger partial charge in [-0.15, -0.1) is 23.1 Å². The number of pyridine rings is 1. The van der Waals surface area contributed by atoms with E-state index in [1.807, 2.05) is 35.9 Å². The SMILES string of the molecule is CSc1ccccc1S(=O)(=O)N1CCC(C(=O)Nc2nc(-c3cccnc3)cs2)CC1. The van der Waals surface area contributed by atoms with Crippen LogP contribution in [0.25, 0.3) is 11.3 Å². The molecular weight excluding hydrogens is 452 g/mol. The van der Waals surface area contributed by atoms with Gasteiger partial charge in [-0.25, -0.2) is 13.4 Å². The van der Waals surface area contributed by atoms with Gasteiger partial charge in [0.05, 0.1) is 10.6 Å².